The van der Waals surface area contributed by atoms with Crippen LogP contribution < -0.4 is 5.54 Å². The Balaban J connectivity index is 1.75. The van der Waals surface area contributed by atoms with Crippen LogP contribution in [0.2, 0.25) is 0 Å². The lowest BCUT2D eigenvalue weighted by molar-refractivity contribution is -0.124. The van der Waals surface area contributed by atoms with Gasteiger partial charge in [0.1, 0.15) is 5.78 Å². The number of halogens is 1. The lowest BCUT2D eigenvalue weighted by Gasteiger charge is -2.44. The summed E-state index contributed by atoms with van der Waals surface area (Å²) in [6.45, 7) is 1.58. The highest BCUT2D eigenvalue weighted by atomic mass is 19.2. The maximum Gasteiger partial charge on any atom is 0.252 e. The third-order valence-electron chi connectivity index (χ3n) is 5.88. The molecular weight excluding hydrogens is 281 g/mol. The Bertz CT molecular complexity index is 669. The molecule has 4 heteroatoms. The van der Waals surface area contributed by atoms with Crippen molar-refractivity contribution in [2.45, 2.75) is 50.9 Å². The van der Waals surface area contributed by atoms with E-state index in [-0.39, 0.29) is 12.2 Å². The van der Waals surface area contributed by atoms with Crippen LogP contribution in [-0.2, 0) is 22.4 Å². The van der Waals surface area contributed by atoms with E-state index in [4.69, 9.17) is 0 Å². The second-order valence-electron chi connectivity index (χ2n) is 7.22. The Morgan fingerprint density at radius 1 is 1.18 bits per heavy atom. The molecule has 1 aromatic carbocycles. The summed E-state index contributed by atoms with van der Waals surface area (Å²) < 4.78 is 12.4. The first kappa shape index (κ1) is 13.9. The molecule has 0 radical (unpaired) electrons. The number of rotatable bonds is 4. The summed E-state index contributed by atoms with van der Waals surface area (Å²) in [5.74, 6) is 2.22. The Morgan fingerprint density at radius 2 is 1.91 bits per heavy atom. The van der Waals surface area contributed by atoms with Crippen LogP contribution in [-0.4, -0.2) is 11.7 Å². The number of hydrogen-bond acceptors (Lipinski definition) is 2. The first-order valence-corrected chi connectivity index (χ1v) is 8.13. The molecule has 1 N–H and O–H groups in total. The first-order chi connectivity index (χ1) is 10.6. The summed E-state index contributed by atoms with van der Waals surface area (Å²) in [5, 5.41) is 0. The van der Waals surface area contributed by atoms with E-state index in [0.717, 1.165) is 23.0 Å². The number of hydrogen-bond donors (Lipinski definition) is 1. The Morgan fingerprint density at radius 3 is 2.59 bits per heavy atom. The average molecular weight is 301 g/mol. The molecule has 0 aromatic heterocycles. The summed E-state index contributed by atoms with van der Waals surface area (Å²) in [4.78, 5) is 22.9. The molecule has 0 aliphatic heterocycles. The lowest BCUT2D eigenvalue weighted by Crippen LogP contribution is -2.32. The molecule has 4 unspecified atom stereocenters. The quantitative estimate of drug-likeness (QED) is 0.869. The monoisotopic (exact) mass is 301 g/mol. The third kappa shape index (κ3) is 1.93. The van der Waals surface area contributed by atoms with Crippen LogP contribution in [0.1, 0.15) is 60.3 Å². The Kier molecular flexibility index (Phi) is 3.10. The van der Waals surface area contributed by atoms with Gasteiger partial charge in [-0.2, -0.15) is 5.54 Å². The van der Waals surface area contributed by atoms with E-state index >= 15 is 0 Å². The van der Waals surface area contributed by atoms with Gasteiger partial charge in [-0.3, -0.25) is 9.59 Å². The topological polar surface area (TPSA) is 46.2 Å². The summed E-state index contributed by atoms with van der Waals surface area (Å²) >= 11 is 0. The van der Waals surface area contributed by atoms with Crippen LogP contribution in [0.3, 0.4) is 0 Å². The maximum absolute atomic E-state index is 12.4. The van der Waals surface area contributed by atoms with Crippen molar-refractivity contribution in [1.82, 2.24) is 5.54 Å². The first-order valence-electron chi connectivity index (χ1n) is 8.13. The number of benzene rings is 1. The van der Waals surface area contributed by atoms with Gasteiger partial charge < -0.3 is 0 Å². The number of ketones is 1. The van der Waals surface area contributed by atoms with Crippen molar-refractivity contribution >= 4 is 11.7 Å². The largest absolute Gasteiger partial charge is 0.300 e. The van der Waals surface area contributed by atoms with E-state index < -0.39 is 5.91 Å². The average Bonchev–Trinajstić information content (AvgIpc) is 3.01. The number of carbonyl (C=O) groups is 2. The molecule has 0 heterocycles. The van der Waals surface area contributed by atoms with E-state index in [1.807, 2.05) is 6.07 Å². The highest BCUT2D eigenvalue weighted by Gasteiger charge is 2.56. The molecule has 116 valence electrons. The summed E-state index contributed by atoms with van der Waals surface area (Å²) in [6.07, 6.45) is 4.35. The SMILES string of the molecule is CC(=O)Cc1cc(CC(=O)NF)c2c(c1)C1C3CCC(C3)C21. The van der Waals surface area contributed by atoms with Crippen molar-refractivity contribution in [1.29, 1.82) is 0 Å². The molecular formula is C18H20FNO2. The zero-order valence-electron chi connectivity index (χ0n) is 12.7. The highest BCUT2D eigenvalue weighted by molar-refractivity contribution is 5.80. The molecule has 3 nitrogen and oxygen atoms in total. The van der Waals surface area contributed by atoms with Crippen LogP contribution in [0.4, 0.5) is 4.48 Å². The van der Waals surface area contributed by atoms with E-state index in [9.17, 15) is 14.1 Å². The van der Waals surface area contributed by atoms with Crippen molar-refractivity contribution in [3.8, 4) is 0 Å². The van der Waals surface area contributed by atoms with Gasteiger partial charge in [-0.1, -0.05) is 12.1 Å². The fraction of sp³-hybridized carbons (Fsp3) is 0.556. The smallest absolute Gasteiger partial charge is 0.252 e. The lowest BCUT2D eigenvalue weighted by atomic mass is 9.59. The maximum atomic E-state index is 12.4. The van der Waals surface area contributed by atoms with Gasteiger partial charge in [0.25, 0.3) is 5.91 Å². The van der Waals surface area contributed by atoms with Crippen molar-refractivity contribution in [2.75, 3.05) is 0 Å². The van der Waals surface area contributed by atoms with Crippen LogP contribution in [0.25, 0.3) is 0 Å². The van der Waals surface area contributed by atoms with Gasteiger partial charge in [0.05, 0.1) is 6.42 Å². The van der Waals surface area contributed by atoms with Gasteiger partial charge in [0, 0.05) is 6.42 Å². The predicted molar refractivity (Wildman–Crippen MR) is 80.1 cm³/mol. The van der Waals surface area contributed by atoms with Crippen LogP contribution in [0.5, 0.6) is 0 Å². The van der Waals surface area contributed by atoms with Gasteiger partial charge in [-0.05, 0) is 72.1 Å². The minimum absolute atomic E-state index is 0.0746. The molecule has 2 fully saturated rings. The predicted octanol–water partition coefficient (Wildman–Crippen LogP) is 2.97. The van der Waals surface area contributed by atoms with E-state index in [0.29, 0.717) is 18.3 Å². The molecule has 3 aliphatic rings. The van der Waals surface area contributed by atoms with Crippen molar-refractivity contribution in [2.24, 2.45) is 11.8 Å². The summed E-state index contributed by atoms with van der Waals surface area (Å²) in [6, 6.07) is 4.10. The molecule has 0 saturated heterocycles. The molecule has 4 rings (SSSR count). The zero-order valence-corrected chi connectivity index (χ0v) is 12.7. The molecule has 4 atom stereocenters. The molecule has 0 spiro atoms. The van der Waals surface area contributed by atoms with E-state index in [1.54, 1.807) is 6.92 Å². The molecule has 2 bridgehead atoms. The third-order valence-corrected chi connectivity index (χ3v) is 5.88. The second kappa shape index (κ2) is 4.90. The van der Waals surface area contributed by atoms with Crippen LogP contribution in [0, 0.1) is 11.8 Å². The molecule has 1 amide bonds. The van der Waals surface area contributed by atoms with Gasteiger partial charge in [0.15, 0.2) is 0 Å². The molecule has 2 saturated carbocycles. The van der Waals surface area contributed by atoms with Crippen LogP contribution >= 0.6 is 0 Å². The van der Waals surface area contributed by atoms with Gasteiger partial charge in [-0.15, -0.1) is 4.48 Å². The number of amides is 1. The van der Waals surface area contributed by atoms with Crippen molar-refractivity contribution < 1.29 is 14.1 Å². The Labute approximate surface area is 129 Å². The highest BCUT2D eigenvalue weighted by Crippen LogP contribution is 2.68. The summed E-state index contributed by atoms with van der Waals surface area (Å²) in [5.41, 5.74) is 5.74. The summed E-state index contributed by atoms with van der Waals surface area (Å²) in [7, 11) is 0. The fourth-order valence-electron chi connectivity index (χ4n) is 5.29. The number of nitrogens with one attached hydrogen (secondary N) is 1. The van der Waals surface area contributed by atoms with Gasteiger partial charge in [0.2, 0.25) is 0 Å². The van der Waals surface area contributed by atoms with Gasteiger partial charge in [-0.25, -0.2) is 0 Å². The van der Waals surface area contributed by atoms with Gasteiger partial charge >= 0.3 is 0 Å². The van der Waals surface area contributed by atoms with Crippen molar-refractivity contribution in [3.63, 3.8) is 0 Å². The standard InChI is InChI=1S/C18H20FNO2/c1-9(21)4-10-5-13(8-15(22)20-19)17-14(6-10)16-11-2-3-12(7-11)18(16)17/h5-6,11-12,16,18H,2-4,7-8H2,1H3,(H,20,22). The minimum atomic E-state index is -0.603. The van der Waals surface area contributed by atoms with Crippen LogP contribution in [0.15, 0.2) is 12.1 Å². The van der Waals surface area contributed by atoms with E-state index in [1.165, 1.54) is 35.9 Å². The normalized spacial score (nSPS) is 30.5. The fourth-order valence-corrected chi connectivity index (χ4v) is 5.29. The van der Waals surface area contributed by atoms with E-state index in [2.05, 4.69) is 6.07 Å². The number of Topliss-reactive ketones (excluding diaryl/α,β-unsaturated/α-hetero) is 1. The molecule has 22 heavy (non-hydrogen) atoms. The molecule has 1 aromatic rings. The zero-order chi connectivity index (χ0) is 15.4. The molecule has 3 aliphatic carbocycles. The number of carbonyl (C=O) groups excluding carboxylic acids is 2. The van der Waals surface area contributed by atoms with Crippen molar-refractivity contribution in [3.05, 3.63) is 34.4 Å². The second-order valence-corrected chi connectivity index (χ2v) is 7.22. The number of fused-ring (bicyclic) bond motifs is 8. The minimum Gasteiger partial charge on any atom is -0.300 e. The Hall–Kier alpha value is -1.71.